The molecule has 180 valence electrons. The van der Waals surface area contributed by atoms with Crippen molar-refractivity contribution < 1.29 is 18.7 Å². The Morgan fingerprint density at radius 1 is 0.833 bits per heavy atom. The second-order valence-corrected chi connectivity index (χ2v) is 7.74. The Bertz CT molecular complexity index is 1550. The molecule has 0 bridgehead atoms. The highest BCUT2D eigenvalue weighted by molar-refractivity contribution is 5.84. The van der Waals surface area contributed by atoms with E-state index in [1.807, 2.05) is 6.07 Å². The van der Waals surface area contributed by atoms with Crippen molar-refractivity contribution >= 4 is 28.1 Å². The van der Waals surface area contributed by atoms with E-state index in [1.54, 1.807) is 67.4 Å². The summed E-state index contributed by atoms with van der Waals surface area (Å²) in [7, 11) is 0. The highest BCUT2D eigenvalue weighted by Gasteiger charge is 2.15. The number of pyridine rings is 2. The Labute approximate surface area is 205 Å². The van der Waals surface area contributed by atoms with Crippen molar-refractivity contribution in [3.63, 3.8) is 0 Å². The van der Waals surface area contributed by atoms with Gasteiger partial charge in [0.05, 0.1) is 0 Å². The van der Waals surface area contributed by atoms with Crippen LogP contribution < -0.4 is 0 Å². The molecule has 0 aliphatic rings. The van der Waals surface area contributed by atoms with Crippen molar-refractivity contribution in [1.29, 1.82) is 0 Å². The Hall–Kier alpha value is -4.69. The first kappa shape index (κ1) is 24.4. The van der Waals surface area contributed by atoms with Gasteiger partial charge in [0.15, 0.2) is 6.29 Å². The molecular weight excluding hydrogens is 462 g/mol. The number of aromatic nitrogens is 4. The number of carbonyl (C=O) groups is 1. The number of halogens is 2. The third-order valence-electron chi connectivity index (χ3n) is 5.31. The average molecular weight is 485 g/mol. The zero-order valence-electron chi connectivity index (χ0n) is 19.0. The first-order valence-corrected chi connectivity index (χ1v) is 11.0. The van der Waals surface area contributed by atoms with E-state index in [0.717, 1.165) is 22.7 Å². The van der Waals surface area contributed by atoms with Crippen LogP contribution in [0.1, 0.15) is 27.6 Å². The fraction of sp³-hybridized carbons (Fsp3) is 0.0357. The minimum absolute atomic E-state index is 0.188. The Morgan fingerprint density at radius 2 is 1.56 bits per heavy atom. The Morgan fingerprint density at radius 3 is 2.22 bits per heavy atom. The molecule has 0 fully saturated rings. The molecule has 36 heavy (non-hydrogen) atoms. The topological polar surface area (TPSA) is 94.7 Å². The second-order valence-electron chi connectivity index (χ2n) is 7.74. The fourth-order valence-corrected chi connectivity index (χ4v) is 3.53. The number of aliphatic hydroxyl groups excluding tert-OH is 1. The van der Waals surface area contributed by atoms with E-state index in [-0.39, 0.29) is 11.6 Å². The summed E-state index contributed by atoms with van der Waals surface area (Å²) < 4.78 is 25.8. The Balaban J connectivity index is 0.000000142. The van der Waals surface area contributed by atoms with Crippen LogP contribution in [0.25, 0.3) is 21.8 Å². The maximum Gasteiger partial charge on any atom is 0.151 e. The predicted molar refractivity (Wildman–Crippen MR) is 134 cm³/mol. The van der Waals surface area contributed by atoms with Crippen LogP contribution in [0.4, 0.5) is 8.78 Å². The molecule has 3 N–H and O–H groups in total. The van der Waals surface area contributed by atoms with Gasteiger partial charge in [-0.2, -0.15) is 0 Å². The molecule has 8 heteroatoms. The molecule has 0 aliphatic heterocycles. The van der Waals surface area contributed by atoms with E-state index >= 15 is 0 Å². The van der Waals surface area contributed by atoms with Gasteiger partial charge in [-0.15, -0.1) is 0 Å². The lowest BCUT2D eigenvalue weighted by Gasteiger charge is -2.09. The molecule has 4 heterocycles. The van der Waals surface area contributed by atoms with Crippen LogP contribution in [0, 0.1) is 11.6 Å². The van der Waals surface area contributed by atoms with Gasteiger partial charge in [-0.25, -0.2) is 8.78 Å². The zero-order valence-corrected chi connectivity index (χ0v) is 19.0. The van der Waals surface area contributed by atoms with Crippen LogP contribution in [0.2, 0.25) is 0 Å². The number of aliphatic hydroxyl groups is 1. The molecule has 0 amide bonds. The number of rotatable bonds is 3. The molecule has 4 aromatic heterocycles. The average Bonchev–Trinajstić information content (AvgIpc) is 3.56. The normalized spacial score (nSPS) is 11.2. The number of hydrogen-bond acceptors (Lipinski definition) is 4. The van der Waals surface area contributed by atoms with E-state index in [1.165, 1.54) is 30.5 Å². The number of benzene rings is 2. The molecule has 6 aromatic rings. The van der Waals surface area contributed by atoms with Gasteiger partial charge in [0.1, 0.15) is 17.7 Å². The summed E-state index contributed by atoms with van der Waals surface area (Å²) >= 11 is 0. The van der Waals surface area contributed by atoms with E-state index in [9.17, 15) is 18.7 Å². The summed E-state index contributed by atoms with van der Waals surface area (Å²) in [6, 6.07) is 18.0. The van der Waals surface area contributed by atoms with Crippen molar-refractivity contribution in [2.45, 2.75) is 6.10 Å². The molecule has 0 spiro atoms. The van der Waals surface area contributed by atoms with Crippen LogP contribution in [0.15, 0.2) is 104 Å². The van der Waals surface area contributed by atoms with Gasteiger partial charge in [0.2, 0.25) is 0 Å². The summed E-state index contributed by atoms with van der Waals surface area (Å²) in [4.78, 5) is 23.7. The smallest absolute Gasteiger partial charge is 0.151 e. The standard InChI is InChI=1S/C14H11FN2O.C8H6FN.C6H5NO/c15-10-3-4-13-11(6-10)12(8-17-13)14(18)9-2-1-5-16-7-9;9-7-1-2-8-6(5-7)3-4-10-8;8-5-6-2-1-3-7-4-6/h1-8,14,17-18H;1-5,10H;1-5H. The third-order valence-corrected chi connectivity index (χ3v) is 5.31. The van der Waals surface area contributed by atoms with Gasteiger partial charge in [0, 0.05) is 75.7 Å². The van der Waals surface area contributed by atoms with Gasteiger partial charge in [0.25, 0.3) is 0 Å². The van der Waals surface area contributed by atoms with Gasteiger partial charge in [-0.1, -0.05) is 6.07 Å². The van der Waals surface area contributed by atoms with Crippen LogP contribution in [0.3, 0.4) is 0 Å². The van der Waals surface area contributed by atoms with E-state index < -0.39 is 6.10 Å². The lowest BCUT2D eigenvalue weighted by atomic mass is 10.0. The van der Waals surface area contributed by atoms with Crippen molar-refractivity contribution in [3.8, 4) is 0 Å². The highest BCUT2D eigenvalue weighted by atomic mass is 19.1. The number of aromatic amines is 2. The highest BCUT2D eigenvalue weighted by Crippen LogP contribution is 2.28. The summed E-state index contributed by atoms with van der Waals surface area (Å²) in [5, 5.41) is 11.9. The number of nitrogens with zero attached hydrogens (tertiary/aromatic N) is 2. The van der Waals surface area contributed by atoms with Crippen molar-refractivity contribution in [2.24, 2.45) is 0 Å². The Kier molecular flexibility index (Phi) is 7.90. The van der Waals surface area contributed by atoms with Crippen LogP contribution in [-0.2, 0) is 0 Å². The van der Waals surface area contributed by atoms with Crippen LogP contribution in [-0.4, -0.2) is 31.3 Å². The van der Waals surface area contributed by atoms with Crippen molar-refractivity contribution in [1.82, 2.24) is 19.9 Å². The summed E-state index contributed by atoms with van der Waals surface area (Å²) in [5.74, 6) is -0.506. The molecule has 1 unspecified atom stereocenters. The lowest BCUT2D eigenvalue weighted by Crippen LogP contribution is -1.98. The largest absolute Gasteiger partial charge is 0.384 e. The quantitative estimate of drug-likeness (QED) is 0.269. The first-order chi connectivity index (χ1) is 17.5. The number of H-pyrrole nitrogens is 2. The molecule has 2 aromatic carbocycles. The molecule has 6 nitrogen and oxygen atoms in total. The van der Waals surface area contributed by atoms with Gasteiger partial charge >= 0.3 is 0 Å². The summed E-state index contributed by atoms with van der Waals surface area (Å²) in [6.07, 6.45) is 9.85. The number of carbonyl (C=O) groups excluding carboxylic acids is 1. The monoisotopic (exact) mass is 484 g/mol. The van der Waals surface area contributed by atoms with Gasteiger partial charge in [-0.05, 0) is 60.7 Å². The van der Waals surface area contributed by atoms with Crippen molar-refractivity contribution in [2.75, 3.05) is 0 Å². The third kappa shape index (κ3) is 6.05. The number of nitrogens with one attached hydrogen (secondary N) is 2. The summed E-state index contributed by atoms with van der Waals surface area (Å²) in [5.41, 5.74) is 3.73. The molecule has 1 atom stereocenters. The lowest BCUT2D eigenvalue weighted by molar-refractivity contribution is 0.112. The second kappa shape index (κ2) is 11.6. The molecule has 0 saturated carbocycles. The number of aldehydes is 1. The summed E-state index contributed by atoms with van der Waals surface area (Å²) in [6.45, 7) is 0. The molecule has 6 rings (SSSR count). The van der Waals surface area contributed by atoms with Gasteiger partial charge < -0.3 is 15.1 Å². The first-order valence-electron chi connectivity index (χ1n) is 11.0. The van der Waals surface area contributed by atoms with E-state index in [4.69, 9.17) is 0 Å². The minimum atomic E-state index is -0.811. The van der Waals surface area contributed by atoms with E-state index in [2.05, 4.69) is 19.9 Å². The van der Waals surface area contributed by atoms with Gasteiger partial charge in [-0.3, -0.25) is 14.8 Å². The fourth-order valence-electron chi connectivity index (χ4n) is 3.53. The van der Waals surface area contributed by atoms with Crippen LogP contribution in [0.5, 0.6) is 0 Å². The molecule has 0 aliphatic carbocycles. The van der Waals surface area contributed by atoms with Crippen LogP contribution >= 0.6 is 0 Å². The molecule has 0 radical (unpaired) electrons. The predicted octanol–water partition coefficient (Wildman–Crippen LogP) is 5.98. The SMILES string of the molecule is Fc1ccc2[nH]ccc2c1.O=Cc1cccnc1.OC(c1cccnc1)c1c[nH]c2ccc(F)cc12. The molecular formula is C28H22F2N4O2. The maximum absolute atomic E-state index is 13.3. The number of fused-ring (bicyclic) bond motifs is 2. The zero-order chi connectivity index (χ0) is 25.3. The van der Waals surface area contributed by atoms with E-state index in [0.29, 0.717) is 22.1 Å². The maximum atomic E-state index is 13.3. The molecule has 0 saturated heterocycles. The van der Waals surface area contributed by atoms with Crippen molar-refractivity contribution in [3.05, 3.63) is 132 Å². The number of hydrogen-bond donors (Lipinski definition) is 3. The minimum Gasteiger partial charge on any atom is -0.384 e.